The van der Waals surface area contributed by atoms with Crippen LogP contribution in [0.2, 0.25) is 0 Å². The van der Waals surface area contributed by atoms with Gasteiger partial charge < -0.3 is 14.1 Å². The minimum Gasteiger partial charge on any atom is -0.484 e. The van der Waals surface area contributed by atoms with Crippen LogP contribution in [0, 0.1) is 5.92 Å². The smallest absolute Gasteiger partial charge is 0.138 e. The van der Waals surface area contributed by atoms with Crippen molar-refractivity contribution in [2.24, 2.45) is 5.92 Å². The van der Waals surface area contributed by atoms with Crippen LogP contribution in [0.4, 0.5) is 11.4 Å². The molecule has 3 atom stereocenters. The summed E-state index contributed by atoms with van der Waals surface area (Å²) < 4.78 is 13.1. The fourth-order valence-electron chi connectivity index (χ4n) is 10.9. The largest absolute Gasteiger partial charge is 0.484 e. The van der Waals surface area contributed by atoms with Crippen LogP contribution in [-0.4, -0.2) is 6.10 Å². The first kappa shape index (κ1) is 38.6. The van der Waals surface area contributed by atoms with E-state index in [-0.39, 0.29) is 12.0 Å². The zero-order valence-electron chi connectivity index (χ0n) is 36.3. The molecule has 3 heteroatoms. The Hall–Kier alpha value is -7.10. The van der Waals surface area contributed by atoms with E-state index in [0.717, 1.165) is 67.9 Å². The van der Waals surface area contributed by atoms with Gasteiger partial charge in [0.1, 0.15) is 23.4 Å². The van der Waals surface area contributed by atoms with Crippen molar-refractivity contribution < 1.29 is 9.15 Å². The number of para-hydroxylation sites is 1. The van der Waals surface area contributed by atoms with E-state index in [1.54, 1.807) is 0 Å². The van der Waals surface area contributed by atoms with Crippen molar-refractivity contribution in [3.8, 4) is 16.9 Å². The second-order valence-electron chi connectivity index (χ2n) is 18.1. The summed E-state index contributed by atoms with van der Waals surface area (Å²) in [6, 6.07) is 46.7. The highest BCUT2D eigenvalue weighted by Gasteiger charge is 2.37. The molecule has 0 N–H and O–H groups in total. The number of hydrogen-bond donors (Lipinski definition) is 0. The Morgan fingerprint density at radius 3 is 2.00 bits per heavy atom. The van der Waals surface area contributed by atoms with Crippen LogP contribution in [0.1, 0.15) is 96.3 Å². The van der Waals surface area contributed by atoms with Gasteiger partial charge in [-0.2, -0.15) is 0 Å². The lowest BCUT2D eigenvalue weighted by molar-refractivity contribution is 0.240. The van der Waals surface area contributed by atoms with Gasteiger partial charge in [0.2, 0.25) is 0 Å². The summed E-state index contributed by atoms with van der Waals surface area (Å²) in [6.45, 7) is 2.33. The lowest BCUT2D eigenvalue weighted by Gasteiger charge is -2.30. The minimum absolute atomic E-state index is 0.0550. The number of benzene rings is 5. The maximum atomic E-state index is 6.57. The van der Waals surface area contributed by atoms with Crippen molar-refractivity contribution in [1.29, 1.82) is 0 Å². The normalized spacial score (nSPS) is 20.5. The Bertz CT molecular complexity index is 3030. The van der Waals surface area contributed by atoms with Gasteiger partial charge in [-0.3, -0.25) is 0 Å². The molecule has 0 radical (unpaired) electrons. The SMILES string of the molecule is CC1CC=C(c2ccc(-c3ccc(N(C4=CC=C(c5ccccc5)CC4)c4ccc(C5=CC=C(C6C=CC=C7c8ccccc8OC76)CC5)cc4)cc3)cc2)c2oc3c(c21)C=CCC3. The second-order valence-corrected chi connectivity index (χ2v) is 18.1. The lowest BCUT2D eigenvalue weighted by atomic mass is 9.79. The van der Waals surface area contributed by atoms with Gasteiger partial charge in [0.25, 0.3) is 0 Å². The van der Waals surface area contributed by atoms with E-state index in [9.17, 15) is 0 Å². The van der Waals surface area contributed by atoms with Gasteiger partial charge in [0, 0.05) is 57.2 Å². The maximum Gasteiger partial charge on any atom is 0.138 e. The molecule has 312 valence electrons. The minimum atomic E-state index is 0.0550. The summed E-state index contributed by atoms with van der Waals surface area (Å²) in [5.74, 6) is 3.94. The third-order valence-electron chi connectivity index (χ3n) is 14.3. The summed E-state index contributed by atoms with van der Waals surface area (Å²) in [5.41, 5.74) is 20.5. The third-order valence-corrected chi connectivity index (χ3v) is 14.3. The summed E-state index contributed by atoms with van der Waals surface area (Å²) in [6.07, 6.45) is 30.2. The number of fused-ring (bicyclic) bond motifs is 6. The molecular weight excluding hydrogens is 779 g/mol. The topological polar surface area (TPSA) is 25.6 Å². The average Bonchev–Trinajstić information content (AvgIpc) is 3.95. The Kier molecular flexibility index (Phi) is 9.78. The molecule has 3 unspecified atom stereocenters. The molecule has 0 spiro atoms. The Balaban J connectivity index is 0.810. The standard InChI is InChI=1S/C61H51NO2/c1-40-18-39-53(61-59(40)56-13-6-8-17-58(56)64-61)48-25-21-43(22-26-48)46-31-37-51(38-32-46)62(49-33-27-44(28-34-49)41-10-3-2-4-11-41)50-35-29-45(30-36-50)42-19-23-47(24-20-42)52-14-9-15-55-54-12-5-7-16-57(54)63-60(52)55/h2-7,9-16,19,21-23,25-27,29-33,35-40,52,60H,8,17-18,20,24,28,34H2,1H3. The first-order chi connectivity index (χ1) is 31.6. The number of furan rings is 1. The van der Waals surface area contributed by atoms with E-state index in [0.29, 0.717) is 5.92 Å². The fraction of sp³-hybridized carbons (Fsp3) is 0.180. The number of allylic oxidation sites excluding steroid dienone is 11. The summed E-state index contributed by atoms with van der Waals surface area (Å²) in [5, 5.41) is 0. The first-order valence-electron chi connectivity index (χ1n) is 23.3. The van der Waals surface area contributed by atoms with Crippen molar-refractivity contribution in [2.75, 3.05) is 4.90 Å². The van der Waals surface area contributed by atoms with Crippen LogP contribution in [-0.2, 0) is 6.42 Å². The predicted octanol–water partition coefficient (Wildman–Crippen LogP) is 15.9. The highest BCUT2D eigenvalue weighted by molar-refractivity contribution is 5.85. The Morgan fingerprint density at radius 1 is 0.594 bits per heavy atom. The van der Waals surface area contributed by atoms with Crippen molar-refractivity contribution in [3.63, 3.8) is 0 Å². The quantitative estimate of drug-likeness (QED) is 0.153. The molecular formula is C61H51NO2. The predicted molar refractivity (Wildman–Crippen MR) is 265 cm³/mol. The molecule has 5 aromatic carbocycles. The van der Waals surface area contributed by atoms with Crippen LogP contribution in [0.25, 0.3) is 39.5 Å². The van der Waals surface area contributed by atoms with Crippen molar-refractivity contribution >= 4 is 39.7 Å². The van der Waals surface area contributed by atoms with Crippen molar-refractivity contribution in [3.05, 3.63) is 238 Å². The monoisotopic (exact) mass is 829 g/mol. The number of rotatable bonds is 8. The molecule has 1 aromatic heterocycles. The third kappa shape index (κ3) is 6.91. The van der Waals surface area contributed by atoms with Crippen LogP contribution in [0.15, 0.2) is 198 Å². The molecule has 64 heavy (non-hydrogen) atoms. The Labute approximate surface area is 377 Å². The van der Waals surface area contributed by atoms with E-state index in [4.69, 9.17) is 9.15 Å². The van der Waals surface area contributed by atoms with E-state index in [1.165, 1.54) is 83.8 Å². The number of hydrogen-bond acceptors (Lipinski definition) is 3. The first-order valence-corrected chi connectivity index (χ1v) is 23.3. The van der Waals surface area contributed by atoms with Crippen LogP contribution in [0.5, 0.6) is 5.75 Å². The number of anilines is 2. The van der Waals surface area contributed by atoms with Gasteiger partial charge in [-0.05, 0) is 120 Å². The van der Waals surface area contributed by atoms with Gasteiger partial charge in [-0.25, -0.2) is 0 Å². The van der Waals surface area contributed by atoms with Gasteiger partial charge in [-0.15, -0.1) is 0 Å². The van der Waals surface area contributed by atoms with Crippen LogP contribution < -0.4 is 9.64 Å². The molecule has 0 bridgehead atoms. The molecule has 0 saturated carbocycles. The maximum absolute atomic E-state index is 6.57. The highest BCUT2D eigenvalue weighted by Crippen LogP contribution is 2.47. The molecule has 0 saturated heterocycles. The molecule has 3 nitrogen and oxygen atoms in total. The molecule has 6 aliphatic rings. The summed E-state index contributed by atoms with van der Waals surface area (Å²) >= 11 is 0. The summed E-state index contributed by atoms with van der Waals surface area (Å²) in [4.78, 5) is 2.45. The van der Waals surface area contributed by atoms with Gasteiger partial charge in [-0.1, -0.05) is 164 Å². The lowest BCUT2D eigenvalue weighted by Crippen LogP contribution is -2.26. The molecule has 1 aliphatic heterocycles. The molecule has 6 aromatic rings. The highest BCUT2D eigenvalue weighted by atomic mass is 16.5. The molecule has 5 aliphatic carbocycles. The van der Waals surface area contributed by atoms with E-state index >= 15 is 0 Å². The van der Waals surface area contributed by atoms with E-state index in [2.05, 4.69) is 200 Å². The van der Waals surface area contributed by atoms with E-state index < -0.39 is 0 Å². The molecule has 2 heterocycles. The average molecular weight is 830 g/mol. The Morgan fingerprint density at radius 2 is 1.27 bits per heavy atom. The summed E-state index contributed by atoms with van der Waals surface area (Å²) in [7, 11) is 0. The zero-order valence-corrected chi connectivity index (χ0v) is 36.3. The number of aryl methyl sites for hydroxylation is 1. The zero-order chi connectivity index (χ0) is 42.6. The molecule has 12 rings (SSSR count). The van der Waals surface area contributed by atoms with Crippen molar-refractivity contribution in [1.82, 2.24) is 0 Å². The van der Waals surface area contributed by atoms with Gasteiger partial charge >= 0.3 is 0 Å². The number of nitrogens with zero attached hydrogens (tertiary/aromatic N) is 1. The van der Waals surface area contributed by atoms with E-state index in [1.807, 2.05) is 0 Å². The van der Waals surface area contributed by atoms with Gasteiger partial charge in [0.05, 0.1) is 0 Å². The molecule has 0 fully saturated rings. The second kappa shape index (κ2) is 16.2. The number of ether oxygens (including phenoxy) is 1. The fourth-order valence-corrected chi connectivity index (χ4v) is 10.9. The van der Waals surface area contributed by atoms with Crippen LogP contribution in [0.3, 0.4) is 0 Å². The van der Waals surface area contributed by atoms with Crippen molar-refractivity contribution in [2.45, 2.75) is 63.9 Å². The van der Waals surface area contributed by atoms with Crippen LogP contribution >= 0.6 is 0 Å². The van der Waals surface area contributed by atoms with Gasteiger partial charge in [0.15, 0.2) is 0 Å². The molecule has 0 amide bonds.